The number of hydrogen-bond donors (Lipinski definition) is 0. The van der Waals surface area contributed by atoms with Gasteiger partial charge in [-0.2, -0.15) is 0 Å². The zero-order valence-corrected chi connectivity index (χ0v) is 16.9. The van der Waals surface area contributed by atoms with Crippen molar-refractivity contribution in [1.29, 1.82) is 0 Å². The second-order valence-electron chi connectivity index (χ2n) is 7.38. The predicted octanol–water partition coefficient (Wildman–Crippen LogP) is 3.32. The Morgan fingerprint density at radius 3 is 2.46 bits per heavy atom. The Bertz CT molecular complexity index is 919. The lowest BCUT2D eigenvalue weighted by atomic mass is 10.0. The zero-order chi connectivity index (χ0) is 20.9. The summed E-state index contributed by atoms with van der Waals surface area (Å²) in [5.74, 6) is -0.483. The summed E-state index contributed by atoms with van der Waals surface area (Å²) < 4.78 is 21.1. The van der Waals surface area contributed by atoms with Crippen LogP contribution in [0.2, 0.25) is 0 Å². The van der Waals surface area contributed by atoms with Crippen molar-refractivity contribution in [2.75, 3.05) is 13.2 Å². The number of esters is 2. The first kappa shape index (κ1) is 21.5. The molecule has 2 aromatic rings. The molecule has 0 unspecified atom stereocenters. The van der Waals surface area contributed by atoms with Gasteiger partial charge < -0.3 is 18.6 Å². The minimum absolute atomic E-state index is 0.165. The first-order valence-electron chi connectivity index (χ1n) is 9.16. The number of fused-ring (bicyclic) bond motifs is 1. The van der Waals surface area contributed by atoms with Gasteiger partial charge in [0.05, 0.1) is 6.61 Å². The maximum Gasteiger partial charge on any atom is 0.344 e. The van der Waals surface area contributed by atoms with Gasteiger partial charge in [-0.15, -0.1) is 0 Å². The van der Waals surface area contributed by atoms with E-state index in [2.05, 4.69) is 0 Å². The molecule has 0 radical (unpaired) electrons. The molecule has 0 aliphatic rings. The molecule has 1 aromatic carbocycles. The van der Waals surface area contributed by atoms with Crippen molar-refractivity contribution in [3.63, 3.8) is 0 Å². The molecular weight excluding hydrogens is 364 g/mol. The van der Waals surface area contributed by atoms with Gasteiger partial charge in [0.25, 0.3) is 0 Å². The van der Waals surface area contributed by atoms with Gasteiger partial charge in [-0.1, -0.05) is 0 Å². The van der Waals surface area contributed by atoms with E-state index in [1.807, 2.05) is 0 Å². The maximum atomic E-state index is 12.0. The van der Waals surface area contributed by atoms with Crippen LogP contribution >= 0.6 is 0 Å². The molecular formula is C21H26O7. The van der Waals surface area contributed by atoms with E-state index in [9.17, 15) is 14.4 Å². The molecule has 152 valence electrons. The van der Waals surface area contributed by atoms with E-state index in [1.165, 1.54) is 6.07 Å². The van der Waals surface area contributed by atoms with Crippen LogP contribution in [0.1, 0.15) is 45.2 Å². The van der Waals surface area contributed by atoms with Crippen LogP contribution in [0, 0.1) is 6.92 Å². The number of rotatable bonds is 7. The Morgan fingerprint density at radius 1 is 1.11 bits per heavy atom. The monoisotopic (exact) mass is 390 g/mol. The lowest BCUT2D eigenvalue weighted by Gasteiger charge is -2.20. The Kier molecular flexibility index (Phi) is 6.83. The fourth-order valence-corrected chi connectivity index (χ4v) is 2.70. The number of aryl methyl sites for hydroxylation is 2. The molecule has 2 rings (SSSR count). The molecule has 0 atom stereocenters. The van der Waals surface area contributed by atoms with Gasteiger partial charge in [-0.05, 0) is 58.2 Å². The van der Waals surface area contributed by atoms with E-state index >= 15 is 0 Å². The van der Waals surface area contributed by atoms with Gasteiger partial charge in [0.2, 0.25) is 0 Å². The van der Waals surface area contributed by atoms with Gasteiger partial charge in [-0.25, -0.2) is 9.59 Å². The molecule has 7 nitrogen and oxygen atoms in total. The average Bonchev–Trinajstić information content (AvgIpc) is 2.56. The van der Waals surface area contributed by atoms with Crippen LogP contribution in [0.25, 0.3) is 11.0 Å². The second kappa shape index (κ2) is 8.91. The third kappa shape index (κ3) is 6.11. The molecule has 0 amide bonds. The SMILES string of the molecule is CCOC(=O)CCc1cc2c(C)cc(=O)oc2cc1OCC(=O)OC(C)(C)C. The number of carbonyl (C=O) groups excluding carboxylic acids is 2. The molecule has 0 aliphatic heterocycles. The Balaban J connectivity index is 2.31. The molecule has 0 fully saturated rings. The quantitative estimate of drug-likeness (QED) is 0.529. The number of benzene rings is 1. The molecule has 0 aliphatic carbocycles. The lowest BCUT2D eigenvalue weighted by molar-refractivity contribution is -0.157. The smallest absolute Gasteiger partial charge is 0.344 e. The highest BCUT2D eigenvalue weighted by atomic mass is 16.6. The van der Waals surface area contributed by atoms with Crippen molar-refractivity contribution < 1.29 is 28.2 Å². The molecule has 1 aromatic heterocycles. The summed E-state index contributed by atoms with van der Waals surface area (Å²) in [4.78, 5) is 35.4. The summed E-state index contributed by atoms with van der Waals surface area (Å²) in [7, 11) is 0. The third-order valence-corrected chi connectivity index (χ3v) is 3.80. The standard InChI is InChI=1S/C21H26O7/c1-6-25-18(22)8-7-14-10-15-13(2)9-19(23)27-17(15)11-16(14)26-12-20(24)28-21(3,4)5/h9-11H,6-8,12H2,1-5H3. The van der Waals surface area contributed by atoms with Crippen LogP contribution in [0.15, 0.2) is 27.4 Å². The predicted molar refractivity (Wildman–Crippen MR) is 104 cm³/mol. The van der Waals surface area contributed by atoms with Crippen LogP contribution < -0.4 is 10.4 Å². The highest BCUT2D eigenvalue weighted by Crippen LogP contribution is 2.28. The van der Waals surface area contributed by atoms with Gasteiger partial charge >= 0.3 is 17.6 Å². The van der Waals surface area contributed by atoms with E-state index < -0.39 is 17.2 Å². The van der Waals surface area contributed by atoms with Crippen molar-refractivity contribution in [2.24, 2.45) is 0 Å². The summed E-state index contributed by atoms with van der Waals surface area (Å²) in [6, 6.07) is 4.77. The van der Waals surface area contributed by atoms with Crippen LogP contribution in [0.4, 0.5) is 0 Å². The van der Waals surface area contributed by atoms with Crippen LogP contribution in [-0.2, 0) is 25.5 Å². The van der Waals surface area contributed by atoms with Crippen molar-refractivity contribution >= 4 is 22.9 Å². The molecule has 0 N–H and O–H groups in total. The Labute approximate surface area is 163 Å². The fourth-order valence-electron chi connectivity index (χ4n) is 2.70. The summed E-state index contributed by atoms with van der Waals surface area (Å²) in [5.41, 5.74) is 0.718. The Hall–Kier alpha value is -2.83. The van der Waals surface area contributed by atoms with E-state index in [-0.39, 0.29) is 19.0 Å². The summed E-state index contributed by atoms with van der Waals surface area (Å²) in [6.07, 6.45) is 0.523. The molecule has 0 bridgehead atoms. The van der Waals surface area contributed by atoms with E-state index in [4.69, 9.17) is 18.6 Å². The lowest BCUT2D eigenvalue weighted by Crippen LogP contribution is -2.27. The molecule has 28 heavy (non-hydrogen) atoms. The highest BCUT2D eigenvalue weighted by Gasteiger charge is 2.18. The van der Waals surface area contributed by atoms with Crippen LogP contribution in [0.5, 0.6) is 5.75 Å². The van der Waals surface area contributed by atoms with Crippen molar-refractivity contribution in [1.82, 2.24) is 0 Å². The van der Waals surface area contributed by atoms with Gasteiger partial charge in [-0.3, -0.25) is 4.79 Å². The second-order valence-corrected chi connectivity index (χ2v) is 7.38. The minimum Gasteiger partial charge on any atom is -0.481 e. The maximum absolute atomic E-state index is 12.0. The zero-order valence-electron chi connectivity index (χ0n) is 16.9. The molecule has 1 heterocycles. The van der Waals surface area contributed by atoms with Crippen LogP contribution in [-0.4, -0.2) is 30.8 Å². The van der Waals surface area contributed by atoms with E-state index in [0.29, 0.717) is 29.9 Å². The largest absolute Gasteiger partial charge is 0.481 e. The molecule has 0 spiro atoms. The Morgan fingerprint density at radius 2 is 1.82 bits per heavy atom. The van der Waals surface area contributed by atoms with E-state index in [0.717, 1.165) is 10.9 Å². The van der Waals surface area contributed by atoms with Gasteiger partial charge in [0, 0.05) is 23.9 Å². The van der Waals surface area contributed by atoms with Crippen molar-refractivity contribution in [2.45, 2.75) is 53.1 Å². The van der Waals surface area contributed by atoms with E-state index in [1.54, 1.807) is 46.8 Å². The third-order valence-electron chi connectivity index (χ3n) is 3.80. The number of carbonyl (C=O) groups is 2. The minimum atomic E-state index is -0.625. The normalized spacial score (nSPS) is 11.3. The molecule has 7 heteroatoms. The molecule has 0 saturated heterocycles. The highest BCUT2D eigenvalue weighted by molar-refractivity contribution is 5.83. The fraction of sp³-hybridized carbons (Fsp3) is 0.476. The van der Waals surface area contributed by atoms with Crippen molar-refractivity contribution in [3.8, 4) is 5.75 Å². The van der Waals surface area contributed by atoms with Gasteiger partial charge in [0.1, 0.15) is 16.9 Å². The summed E-state index contributed by atoms with van der Waals surface area (Å²) in [5, 5.41) is 0.739. The number of hydrogen-bond acceptors (Lipinski definition) is 7. The number of ether oxygens (including phenoxy) is 3. The average molecular weight is 390 g/mol. The topological polar surface area (TPSA) is 92.0 Å². The van der Waals surface area contributed by atoms with Crippen LogP contribution in [0.3, 0.4) is 0 Å². The molecule has 0 saturated carbocycles. The summed E-state index contributed by atoms with van der Waals surface area (Å²) in [6.45, 7) is 8.85. The van der Waals surface area contributed by atoms with Crippen molar-refractivity contribution in [3.05, 3.63) is 39.7 Å². The first-order chi connectivity index (χ1) is 13.1. The summed E-state index contributed by atoms with van der Waals surface area (Å²) >= 11 is 0. The van der Waals surface area contributed by atoms with Gasteiger partial charge in [0.15, 0.2) is 6.61 Å². The first-order valence-corrected chi connectivity index (χ1v) is 9.16.